The molecular weight excluding hydrogens is 240 g/mol. The number of carbonyl (C=O) groups excluding carboxylic acids is 1. The van der Waals surface area contributed by atoms with E-state index in [1.54, 1.807) is 24.0 Å². The highest BCUT2D eigenvalue weighted by Gasteiger charge is 2.32. The molecule has 0 radical (unpaired) electrons. The van der Waals surface area contributed by atoms with E-state index >= 15 is 0 Å². The van der Waals surface area contributed by atoms with Gasteiger partial charge in [-0.25, -0.2) is 0 Å². The SMILES string of the molecule is C=CCN1C[C@H](C)N(C(=O)c2ccnn2C)C[C@@H]1C. The van der Waals surface area contributed by atoms with Crippen molar-refractivity contribution in [2.75, 3.05) is 19.6 Å². The van der Waals surface area contributed by atoms with Gasteiger partial charge in [-0.15, -0.1) is 6.58 Å². The van der Waals surface area contributed by atoms with Gasteiger partial charge in [0.2, 0.25) is 0 Å². The number of piperazine rings is 1. The van der Waals surface area contributed by atoms with Gasteiger partial charge < -0.3 is 4.90 Å². The van der Waals surface area contributed by atoms with Gasteiger partial charge in [0.1, 0.15) is 5.69 Å². The minimum atomic E-state index is 0.0672. The molecule has 0 spiro atoms. The Bertz CT molecular complexity index is 468. The molecule has 1 aromatic heterocycles. The Morgan fingerprint density at radius 3 is 2.79 bits per heavy atom. The van der Waals surface area contributed by atoms with Gasteiger partial charge >= 0.3 is 0 Å². The summed E-state index contributed by atoms with van der Waals surface area (Å²) in [6.07, 6.45) is 3.58. The van der Waals surface area contributed by atoms with E-state index in [9.17, 15) is 4.79 Å². The van der Waals surface area contributed by atoms with E-state index < -0.39 is 0 Å². The average Bonchev–Trinajstić information content (AvgIpc) is 2.79. The van der Waals surface area contributed by atoms with Crippen molar-refractivity contribution in [2.24, 2.45) is 7.05 Å². The summed E-state index contributed by atoms with van der Waals surface area (Å²) in [6, 6.07) is 2.33. The van der Waals surface area contributed by atoms with Crippen molar-refractivity contribution in [3.05, 3.63) is 30.6 Å². The fourth-order valence-electron chi connectivity index (χ4n) is 2.63. The van der Waals surface area contributed by atoms with Crippen LogP contribution in [0.25, 0.3) is 0 Å². The van der Waals surface area contributed by atoms with Crippen molar-refractivity contribution < 1.29 is 4.79 Å². The number of rotatable bonds is 3. The van der Waals surface area contributed by atoms with E-state index in [-0.39, 0.29) is 11.9 Å². The van der Waals surface area contributed by atoms with Crippen molar-refractivity contribution in [3.63, 3.8) is 0 Å². The second kappa shape index (κ2) is 5.57. The molecule has 0 unspecified atom stereocenters. The fourth-order valence-corrected chi connectivity index (χ4v) is 2.63. The minimum Gasteiger partial charge on any atom is -0.332 e. The van der Waals surface area contributed by atoms with E-state index in [1.165, 1.54) is 0 Å². The Morgan fingerprint density at radius 1 is 1.47 bits per heavy atom. The van der Waals surface area contributed by atoms with Gasteiger partial charge in [0.25, 0.3) is 5.91 Å². The van der Waals surface area contributed by atoms with Crippen molar-refractivity contribution >= 4 is 5.91 Å². The molecule has 1 aliphatic heterocycles. The van der Waals surface area contributed by atoms with Crippen molar-refractivity contribution in [3.8, 4) is 0 Å². The second-order valence-corrected chi connectivity index (χ2v) is 5.24. The largest absolute Gasteiger partial charge is 0.332 e. The van der Waals surface area contributed by atoms with Gasteiger partial charge in [-0.1, -0.05) is 6.08 Å². The number of hydrogen-bond acceptors (Lipinski definition) is 3. The topological polar surface area (TPSA) is 41.4 Å². The first kappa shape index (κ1) is 13.8. The molecule has 0 bridgehead atoms. The molecule has 2 atom stereocenters. The molecule has 1 aliphatic rings. The van der Waals surface area contributed by atoms with Crippen LogP contribution in [-0.2, 0) is 7.05 Å². The van der Waals surface area contributed by atoms with Crippen LogP contribution in [0.3, 0.4) is 0 Å². The number of carbonyl (C=O) groups is 1. The molecule has 5 nitrogen and oxygen atoms in total. The summed E-state index contributed by atoms with van der Waals surface area (Å²) in [5.41, 5.74) is 0.649. The molecule has 0 aliphatic carbocycles. The van der Waals surface area contributed by atoms with Crippen LogP contribution in [0.2, 0.25) is 0 Å². The summed E-state index contributed by atoms with van der Waals surface area (Å²) in [5.74, 6) is 0.0672. The van der Waals surface area contributed by atoms with Gasteiger partial charge in [0.05, 0.1) is 0 Å². The standard InChI is InChI=1S/C14H22N4O/c1-5-8-17-9-12(3)18(10-11(17)2)14(19)13-6-7-15-16(13)4/h5-7,11-12H,1,8-10H2,2-4H3/t11-,12-/m0/s1. The summed E-state index contributed by atoms with van der Waals surface area (Å²) < 4.78 is 1.63. The number of aromatic nitrogens is 2. The molecule has 5 heteroatoms. The van der Waals surface area contributed by atoms with E-state index in [0.29, 0.717) is 11.7 Å². The second-order valence-electron chi connectivity index (χ2n) is 5.24. The zero-order valence-corrected chi connectivity index (χ0v) is 11.9. The molecule has 104 valence electrons. The molecule has 2 rings (SSSR count). The Morgan fingerprint density at radius 2 is 2.21 bits per heavy atom. The molecule has 1 aromatic rings. The van der Waals surface area contributed by atoms with Crippen LogP contribution >= 0.6 is 0 Å². The first-order valence-corrected chi connectivity index (χ1v) is 6.68. The Balaban J connectivity index is 2.12. The Kier molecular flexibility index (Phi) is 4.04. The maximum atomic E-state index is 12.5. The molecule has 19 heavy (non-hydrogen) atoms. The summed E-state index contributed by atoms with van der Waals surface area (Å²) in [5, 5.41) is 4.07. The van der Waals surface area contributed by atoms with Gasteiger partial charge in [-0.05, 0) is 19.9 Å². The lowest BCUT2D eigenvalue weighted by molar-refractivity contribution is 0.0346. The fraction of sp³-hybridized carbons (Fsp3) is 0.571. The predicted octanol–water partition coefficient (Wildman–Crippen LogP) is 1.14. The molecular formula is C14H22N4O. The number of nitrogens with zero attached hydrogens (tertiary/aromatic N) is 4. The molecule has 0 saturated carbocycles. The minimum absolute atomic E-state index is 0.0672. The maximum Gasteiger partial charge on any atom is 0.272 e. The van der Waals surface area contributed by atoms with Crippen LogP contribution < -0.4 is 0 Å². The first-order chi connectivity index (χ1) is 9.04. The van der Waals surface area contributed by atoms with E-state index in [4.69, 9.17) is 0 Å². The lowest BCUT2D eigenvalue weighted by Gasteiger charge is -2.43. The summed E-state index contributed by atoms with van der Waals surface area (Å²) in [4.78, 5) is 16.8. The van der Waals surface area contributed by atoms with Crippen LogP contribution in [0.4, 0.5) is 0 Å². The van der Waals surface area contributed by atoms with Crippen molar-refractivity contribution in [1.82, 2.24) is 19.6 Å². The molecule has 1 fully saturated rings. The van der Waals surface area contributed by atoms with Crippen LogP contribution in [-0.4, -0.2) is 57.2 Å². The maximum absolute atomic E-state index is 12.5. The lowest BCUT2D eigenvalue weighted by atomic mass is 10.1. The predicted molar refractivity (Wildman–Crippen MR) is 74.9 cm³/mol. The smallest absolute Gasteiger partial charge is 0.272 e. The highest BCUT2D eigenvalue weighted by Crippen LogP contribution is 2.17. The molecule has 1 amide bonds. The molecule has 0 aromatic carbocycles. The summed E-state index contributed by atoms with van der Waals surface area (Å²) in [7, 11) is 1.80. The third-order valence-electron chi connectivity index (χ3n) is 3.78. The van der Waals surface area contributed by atoms with Gasteiger partial charge in [0, 0.05) is 45.0 Å². The number of aryl methyl sites for hydroxylation is 1. The Labute approximate surface area is 114 Å². The highest BCUT2D eigenvalue weighted by atomic mass is 16.2. The van der Waals surface area contributed by atoms with Crippen LogP contribution in [0, 0.1) is 0 Å². The van der Waals surface area contributed by atoms with Crippen LogP contribution in [0.1, 0.15) is 24.3 Å². The monoisotopic (exact) mass is 262 g/mol. The van der Waals surface area contributed by atoms with Crippen LogP contribution in [0.15, 0.2) is 24.9 Å². The van der Waals surface area contributed by atoms with Crippen LogP contribution in [0.5, 0.6) is 0 Å². The van der Waals surface area contributed by atoms with E-state index in [1.807, 2.05) is 11.0 Å². The summed E-state index contributed by atoms with van der Waals surface area (Å²) >= 11 is 0. The quantitative estimate of drug-likeness (QED) is 0.767. The molecule has 2 heterocycles. The van der Waals surface area contributed by atoms with Gasteiger partial charge in [-0.3, -0.25) is 14.4 Å². The van der Waals surface area contributed by atoms with E-state index in [2.05, 4.69) is 30.4 Å². The first-order valence-electron chi connectivity index (χ1n) is 6.68. The molecule has 1 saturated heterocycles. The Hall–Kier alpha value is -1.62. The number of hydrogen-bond donors (Lipinski definition) is 0. The highest BCUT2D eigenvalue weighted by molar-refractivity contribution is 5.92. The third-order valence-corrected chi connectivity index (χ3v) is 3.78. The normalized spacial score (nSPS) is 24.5. The van der Waals surface area contributed by atoms with Gasteiger partial charge in [0.15, 0.2) is 0 Å². The third kappa shape index (κ3) is 2.71. The number of amides is 1. The van der Waals surface area contributed by atoms with E-state index in [0.717, 1.165) is 19.6 Å². The average molecular weight is 262 g/mol. The summed E-state index contributed by atoms with van der Waals surface area (Å²) in [6.45, 7) is 10.5. The van der Waals surface area contributed by atoms with Crippen molar-refractivity contribution in [1.29, 1.82) is 0 Å². The molecule has 0 N–H and O–H groups in total. The van der Waals surface area contributed by atoms with Gasteiger partial charge in [-0.2, -0.15) is 5.10 Å². The lowest BCUT2D eigenvalue weighted by Crippen LogP contribution is -2.58. The zero-order chi connectivity index (χ0) is 14.0. The van der Waals surface area contributed by atoms with Crippen molar-refractivity contribution in [2.45, 2.75) is 25.9 Å². The zero-order valence-electron chi connectivity index (χ0n) is 11.9.